The number of carbonyl (C=O) groups excluding carboxylic acids is 1. The molecule has 0 heterocycles. The molecule has 0 spiro atoms. The summed E-state index contributed by atoms with van der Waals surface area (Å²) in [4.78, 5) is 14.3. The highest BCUT2D eigenvalue weighted by molar-refractivity contribution is 7.92. The van der Waals surface area contributed by atoms with E-state index in [1.54, 1.807) is 14.0 Å². The topological polar surface area (TPSA) is 57.7 Å². The molecule has 0 saturated heterocycles. The number of halogens is 2. The third kappa shape index (κ3) is 5.13. The van der Waals surface area contributed by atoms with Crippen LogP contribution in [-0.2, 0) is 21.4 Å². The zero-order chi connectivity index (χ0) is 19.5. The van der Waals surface area contributed by atoms with Crippen molar-refractivity contribution in [2.24, 2.45) is 0 Å². The molecule has 2 aromatic carbocycles. The molecule has 0 bridgehead atoms. The van der Waals surface area contributed by atoms with Gasteiger partial charge in [-0.1, -0.05) is 53.5 Å². The number of carbonyl (C=O) groups is 1. The van der Waals surface area contributed by atoms with Crippen LogP contribution in [0.4, 0.5) is 5.69 Å². The molecular weight excluding hydrogens is 395 g/mol. The summed E-state index contributed by atoms with van der Waals surface area (Å²) in [5.41, 5.74) is 1.20. The van der Waals surface area contributed by atoms with Crippen LogP contribution in [0.2, 0.25) is 10.0 Å². The van der Waals surface area contributed by atoms with Gasteiger partial charge in [-0.05, 0) is 30.7 Å². The zero-order valence-corrected chi connectivity index (χ0v) is 17.0. The van der Waals surface area contributed by atoms with Crippen molar-refractivity contribution in [1.29, 1.82) is 0 Å². The highest BCUT2D eigenvalue weighted by Gasteiger charge is 2.31. The average Bonchev–Trinajstić information content (AvgIpc) is 2.52. The van der Waals surface area contributed by atoms with E-state index >= 15 is 0 Å². The second kappa shape index (κ2) is 8.29. The summed E-state index contributed by atoms with van der Waals surface area (Å²) in [7, 11) is -2.10. The number of hydrogen-bond donors (Lipinski definition) is 0. The highest BCUT2D eigenvalue weighted by atomic mass is 35.5. The maximum absolute atomic E-state index is 12.8. The van der Waals surface area contributed by atoms with Gasteiger partial charge < -0.3 is 4.90 Å². The van der Waals surface area contributed by atoms with Gasteiger partial charge in [0.25, 0.3) is 0 Å². The van der Waals surface area contributed by atoms with E-state index in [4.69, 9.17) is 23.2 Å². The van der Waals surface area contributed by atoms with Crippen molar-refractivity contribution < 1.29 is 13.2 Å². The lowest BCUT2D eigenvalue weighted by atomic mass is 10.2. The Morgan fingerprint density at radius 3 is 2.12 bits per heavy atom. The SMILES string of the molecule is C[C@H](C(=O)N(C)Cc1ccccc1)N(c1cc(Cl)cc(Cl)c1)S(C)(=O)=O. The summed E-state index contributed by atoms with van der Waals surface area (Å²) >= 11 is 12.0. The number of benzene rings is 2. The molecule has 26 heavy (non-hydrogen) atoms. The van der Waals surface area contributed by atoms with E-state index in [-0.39, 0.29) is 11.6 Å². The lowest BCUT2D eigenvalue weighted by Crippen LogP contribution is -2.48. The Hall–Kier alpha value is -1.76. The zero-order valence-electron chi connectivity index (χ0n) is 14.7. The summed E-state index contributed by atoms with van der Waals surface area (Å²) in [5.74, 6) is -0.338. The van der Waals surface area contributed by atoms with Gasteiger partial charge in [-0.15, -0.1) is 0 Å². The van der Waals surface area contributed by atoms with Gasteiger partial charge in [0.05, 0.1) is 11.9 Å². The predicted octanol–water partition coefficient (Wildman–Crippen LogP) is 3.81. The standard InChI is InChI=1S/C18H20Cl2N2O3S/c1-13(18(23)21(2)12-14-7-5-4-6-8-14)22(26(3,24)25)17-10-15(19)9-16(20)11-17/h4-11,13H,12H2,1-3H3/t13-/m1/s1. The summed E-state index contributed by atoms with van der Waals surface area (Å²) in [6.07, 6.45) is 1.04. The van der Waals surface area contributed by atoms with Gasteiger partial charge in [-0.3, -0.25) is 9.10 Å². The quantitative estimate of drug-likeness (QED) is 0.721. The molecule has 0 unspecified atom stereocenters. The van der Waals surface area contributed by atoms with Crippen LogP contribution in [0.3, 0.4) is 0 Å². The maximum Gasteiger partial charge on any atom is 0.246 e. The van der Waals surface area contributed by atoms with Gasteiger partial charge in [0.15, 0.2) is 0 Å². The number of nitrogens with zero attached hydrogens (tertiary/aromatic N) is 2. The van der Waals surface area contributed by atoms with E-state index in [0.717, 1.165) is 16.1 Å². The van der Waals surface area contributed by atoms with Crippen LogP contribution in [0.15, 0.2) is 48.5 Å². The van der Waals surface area contributed by atoms with Crippen molar-refractivity contribution in [3.05, 3.63) is 64.1 Å². The molecule has 1 atom stereocenters. The number of amides is 1. The Morgan fingerprint density at radius 2 is 1.62 bits per heavy atom. The van der Waals surface area contributed by atoms with E-state index in [9.17, 15) is 13.2 Å². The molecule has 0 fully saturated rings. The van der Waals surface area contributed by atoms with E-state index in [0.29, 0.717) is 16.6 Å². The molecule has 0 saturated carbocycles. The van der Waals surface area contributed by atoms with Gasteiger partial charge in [-0.25, -0.2) is 8.42 Å². The first kappa shape index (κ1) is 20.6. The number of likely N-dealkylation sites (N-methyl/N-ethyl adjacent to an activating group) is 1. The third-order valence-electron chi connectivity index (χ3n) is 3.81. The highest BCUT2D eigenvalue weighted by Crippen LogP contribution is 2.29. The molecule has 0 radical (unpaired) electrons. The van der Waals surface area contributed by atoms with Gasteiger partial charge >= 0.3 is 0 Å². The molecule has 2 rings (SSSR count). The fourth-order valence-electron chi connectivity index (χ4n) is 2.72. The van der Waals surface area contributed by atoms with Crippen molar-refractivity contribution in [3.63, 3.8) is 0 Å². The Labute approximate surface area is 164 Å². The van der Waals surface area contributed by atoms with Gasteiger partial charge in [0, 0.05) is 23.6 Å². The van der Waals surface area contributed by atoms with Crippen LogP contribution >= 0.6 is 23.2 Å². The molecule has 1 amide bonds. The van der Waals surface area contributed by atoms with Crippen LogP contribution in [0.25, 0.3) is 0 Å². The molecule has 2 aromatic rings. The molecule has 0 aliphatic rings. The monoisotopic (exact) mass is 414 g/mol. The third-order valence-corrected chi connectivity index (χ3v) is 5.49. The van der Waals surface area contributed by atoms with E-state index < -0.39 is 16.1 Å². The second-order valence-corrected chi connectivity index (χ2v) is 8.77. The Bertz CT molecular complexity index is 868. The molecular formula is C18H20Cl2N2O3S. The Balaban J connectivity index is 2.31. The largest absolute Gasteiger partial charge is 0.340 e. The van der Waals surface area contributed by atoms with Crippen LogP contribution in [0.1, 0.15) is 12.5 Å². The lowest BCUT2D eigenvalue weighted by molar-refractivity contribution is -0.131. The Morgan fingerprint density at radius 1 is 1.08 bits per heavy atom. The second-order valence-electron chi connectivity index (χ2n) is 6.04. The van der Waals surface area contributed by atoms with Crippen molar-refractivity contribution in [3.8, 4) is 0 Å². The molecule has 5 nitrogen and oxygen atoms in total. The molecule has 0 N–H and O–H groups in total. The summed E-state index contributed by atoms with van der Waals surface area (Å²) in [6, 6.07) is 12.9. The van der Waals surface area contributed by atoms with Crippen LogP contribution < -0.4 is 4.31 Å². The van der Waals surface area contributed by atoms with Crippen LogP contribution in [0.5, 0.6) is 0 Å². The van der Waals surface area contributed by atoms with E-state index in [2.05, 4.69) is 0 Å². The smallest absolute Gasteiger partial charge is 0.246 e. The van der Waals surface area contributed by atoms with E-state index in [1.165, 1.54) is 23.1 Å². The fraction of sp³-hybridized carbons (Fsp3) is 0.278. The molecule has 0 aliphatic carbocycles. The first-order valence-corrected chi connectivity index (χ1v) is 10.4. The van der Waals surface area contributed by atoms with Gasteiger partial charge in [0.2, 0.25) is 15.9 Å². The first-order valence-electron chi connectivity index (χ1n) is 7.84. The minimum Gasteiger partial charge on any atom is -0.340 e. The van der Waals surface area contributed by atoms with Crippen molar-refractivity contribution >= 4 is 44.8 Å². The molecule has 0 aromatic heterocycles. The average molecular weight is 415 g/mol. The molecule has 140 valence electrons. The van der Waals surface area contributed by atoms with Crippen molar-refractivity contribution in [2.75, 3.05) is 17.6 Å². The number of hydrogen-bond acceptors (Lipinski definition) is 3. The minimum atomic E-state index is -3.73. The molecule has 0 aliphatic heterocycles. The first-order chi connectivity index (χ1) is 12.1. The van der Waals surface area contributed by atoms with Crippen LogP contribution in [0, 0.1) is 0 Å². The number of sulfonamides is 1. The maximum atomic E-state index is 12.8. The fourth-order valence-corrected chi connectivity index (χ4v) is 4.39. The number of anilines is 1. The van der Waals surface area contributed by atoms with E-state index in [1.807, 2.05) is 30.3 Å². The number of rotatable bonds is 6. The summed E-state index contributed by atoms with van der Waals surface area (Å²) in [6.45, 7) is 1.91. The summed E-state index contributed by atoms with van der Waals surface area (Å²) < 4.78 is 25.7. The predicted molar refractivity (Wildman–Crippen MR) is 106 cm³/mol. The lowest BCUT2D eigenvalue weighted by Gasteiger charge is -2.31. The Kier molecular flexibility index (Phi) is 6.55. The van der Waals surface area contributed by atoms with Crippen molar-refractivity contribution in [2.45, 2.75) is 19.5 Å². The van der Waals surface area contributed by atoms with Crippen LogP contribution in [-0.4, -0.2) is 38.6 Å². The van der Waals surface area contributed by atoms with Crippen molar-refractivity contribution in [1.82, 2.24) is 4.90 Å². The normalized spacial score (nSPS) is 12.5. The molecule has 8 heteroatoms. The minimum absolute atomic E-state index is 0.249. The van der Waals surface area contributed by atoms with Gasteiger partial charge in [-0.2, -0.15) is 0 Å². The van der Waals surface area contributed by atoms with Gasteiger partial charge in [0.1, 0.15) is 6.04 Å². The summed E-state index contributed by atoms with van der Waals surface area (Å²) in [5, 5.41) is 0.580.